The highest BCUT2D eigenvalue weighted by atomic mass is 16.1. The number of hydrogen-bond donors (Lipinski definition) is 1. The SMILES string of the molecule is CC(=O)NC1CC12CCN(c1nccc(C)n1)CC2. The Bertz CT molecular complexity index is 494. The van der Waals surface area contributed by atoms with Crippen molar-refractivity contribution in [3.8, 4) is 0 Å². The van der Waals surface area contributed by atoms with Crippen LogP contribution in [0.4, 0.5) is 5.95 Å². The van der Waals surface area contributed by atoms with Gasteiger partial charge in [0.1, 0.15) is 0 Å². The van der Waals surface area contributed by atoms with Crippen molar-refractivity contribution in [1.82, 2.24) is 15.3 Å². The molecule has 1 unspecified atom stereocenters. The van der Waals surface area contributed by atoms with Crippen molar-refractivity contribution in [1.29, 1.82) is 0 Å². The first-order chi connectivity index (χ1) is 9.09. The topological polar surface area (TPSA) is 58.1 Å². The summed E-state index contributed by atoms with van der Waals surface area (Å²) in [6, 6.07) is 2.31. The molecule has 2 aliphatic rings. The highest BCUT2D eigenvalue weighted by Gasteiger charge is 2.55. The van der Waals surface area contributed by atoms with E-state index in [0.29, 0.717) is 11.5 Å². The summed E-state index contributed by atoms with van der Waals surface area (Å²) >= 11 is 0. The van der Waals surface area contributed by atoms with Gasteiger partial charge in [-0.05, 0) is 37.7 Å². The maximum Gasteiger partial charge on any atom is 0.225 e. The summed E-state index contributed by atoms with van der Waals surface area (Å²) < 4.78 is 0. The van der Waals surface area contributed by atoms with Gasteiger partial charge in [-0.25, -0.2) is 9.97 Å². The molecule has 102 valence electrons. The van der Waals surface area contributed by atoms with Gasteiger partial charge in [-0.3, -0.25) is 4.79 Å². The van der Waals surface area contributed by atoms with E-state index in [1.807, 2.05) is 19.2 Å². The van der Waals surface area contributed by atoms with Crippen LogP contribution in [0.1, 0.15) is 31.9 Å². The van der Waals surface area contributed by atoms with Gasteiger partial charge in [0.25, 0.3) is 0 Å². The van der Waals surface area contributed by atoms with Gasteiger partial charge < -0.3 is 10.2 Å². The van der Waals surface area contributed by atoms with E-state index in [-0.39, 0.29) is 5.91 Å². The van der Waals surface area contributed by atoms with Crippen molar-refractivity contribution in [3.63, 3.8) is 0 Å². The molecule has 1 aliphatic heterocycles. The molecule has 1 aromatic heterocycles. The number of carbonyl (C=O) groups is 1. The Labute approximate surface area is 113 Å². The maximum atomic E-state index is 11.1. The molecule has 1 amide bonds. The van der Waals surface area contributed by atoms with Crippen LogP contribution in [0.5, 0.6) is 0 Å². The Kier molecular flexibility index (Phi) is 2.92. The molecule has 0 radical (unpaired) electrons. The van der Waals surface area contributed by atoms with Crippen LogP contribution >= 0.6 is 0 Å². The van der Waals surface area contributed by atoms with E-state index in [2.05, 4.69) is 20.2 Å². The molecule has 0 aromatic carbocycles. The predicted octanol–water partition coefficient (Wildman–Crippen LogP) is 1.28. The van der Waals surface area contributed by atoms with Crippen LogP contribution in [0.15, 0.2) is 12.3 Å². The lowest BCUT2D eigenvalue weighted by atomic mass is 9.93. The van der Waals surface area contributed by atoms with Gasteiger partial charge in [0.15, 0.2) is 0 Å². The van der Waals surface area contributed by atoms with Crippen LogP contribution in [-0.4, -0.2) is 35.0 Å². The fourth-order valence-electron chi connectivity index (χ4n) is 3.09. The first-order valence-corrected chi connectivity index (χ1v) is 6.91. The molecule has 3 rings (SSSR count). The number of aromatic nitrogens is 2. The molecule has 2 fully saturated rings. The molecule has 5 nitrogen and oxygen atoms in total. The summed E-state index contributed by atoms with van der Waals surface area (Å²) in [6.07, 6.45) is 5.19. The molecule has 2 heterocycles. The zero-order valence-corrected chi connectivity index (χ0v) is 11.5. The molecular formula is C14H20N4O. The molecular weight excluding hydrogens is 240 g/mol. The number of aryl methyl sites for hydroxylation is 1. The molecule has 5 heteroatoms. The first-order valence-electron chi connectivity index (χ1n) is 6.91. The standard InChI is InChI=1S/C14H20N4O/c1-10-3-6-15-13(16-10)18-7-4-14(5-8-18)9-12(14)17-11(2)19/h3,6,12H,4-5,7-9H2,1-2H3,(H,17,19). The van der Waals surface area contributed by atoms with Crippen LogP contribution in [0.25, 0.3) is 0 Å². The summed E-state index contributed by atoms with van der Waals surface area (Å²) in [7, 11) is 0. The first kappa shape index (κ1) is 12.4. The van der Waals surface area contributed by atoms with Crippen LogP contribution in [0.3, 0.4) is 0 Å². The maximum absolute atomic E-state index is 11.1. The fraction of sp³-hybridized carbons (Fsp3) is 0.643. The van der Waals surface area contributed by atoms with Gasteiger partial charge in [-0.1, -0.05) is 0 Å². The zero-order valence-electron chi connectivity index (χ0n) is 11.5. The average Bonchev–Trinajstić information content (AvgIpc) is 3.01. The summed E-state index contributed by atoms with van der Waals surface area (Å²) in [5, 5.41) is 3.05. The minimum atomic E-state index is 0.0892. The van der Waals surface area contributed by atoms with Gasteiger partial charge in [-0.2, -0.15) is 0 Å². The van der Waals surface area contributed by atoms with E-state index < -0.39 is 0 Å². The lowest BCUT2D eigenvalue weighted by molar-refractivity contribution is -0.119. The molecule has 1 spiro atoms. The second-order valence-corrected chi connectivity index (χ2v) is 5.80. The van der Waals surface area contributed by atoms with E-state index >= 15 is 0 Å². The Balaban J connectivity index is 1.60. The average molecular weight is 260 g/mol. The second-order valence-electron chi connectivity index (χ2n) is 5.80. The molecule has 1 N–H and O–H groups in total. The third kappa shape index (κ3) is 2.41. The lowest BCUT2D eigenvalue weighted by Crippen LogP contribution is -2.39. The lowest BCUT2D eigenvalue weighted by Gasteiger charge is -2.32. The zero-order chi connectivity index (χ0) is 13.5. The number of nitrogens with zero attached hydrogens (tertiary/aromatic N) is 3. The third-order valence-electron chi connectivity index (χ3n) is 4.39. The molecule has 1 aromatic rings. The summed E-state index contributed by atoms with van der Waals surface area (Å²) in [6.45, 7) is 5.56. The van der Waals surface area contributed by atoms with Crippen LogP contribution < -0.4 is 10.2 Å². The molecule has 1 atom stereocenters. The monoisotopic (exact) mass is 260 g/mol. The van der Waals surface area contributed by atoms with Gasteiger partial charge in [0, 0.05) is 37.9 Å². The summed E-state index contributed by atoms with van der Waals surface area (Å²) in [4.78, 5) is 22.2. The number of amides is 1. The highest BCUT2D eigenvalue weighted by Crippen LogP contribution is 2.54. The van der Waals surface area contributed by atoms with Gasteiger partial charge >= 0.3 is 0 Å². The van der Waals surface area contributed by atoms with Crippen molar-refractivity contribution in [2.75, 3.05) is 18.0 Å². The number of rotatable bonds is 2. The van der Waals surface area contributed by atoms with Gasteiger partial charge in [0.2, 0.25) is 11.9 Å². The molecule has 0 bridgehead atoms. The van der Waals surface area contributed by atoms with Crippen molar-refractivity contribution in [2.24, 2.45) is 5.41 Å². The minimum Gasteiger partial charge on any atom is -0.353 e. The predicted molar refractivity (Wildman–Crippen MR) is 72.9 cm³/mol. The minimum absolute atomic E-state index is 0.0892. The van der Waals surface area contributed by atoms with Crippen molar-refractivity contribution in [3.05, 3.63) is 18.0 Å². The number of piperidine rings is 1. The third-order valence-corrected chi connectivity index (χ3v) is 4.39. The Hall–Kier alpha value is -1.65. The van der Waals surface area contributed by atoms with E-state index in [1.165, 1.54) is 0 Å². The Morgan fingerprint density at radius 1 is 1.47 bits per heavy atom. The number of anilines is 1. The van der Waals surface area contributed by atoms with E-state index in [1.54, 1.807) is 6.92 Å². The largest absolute Gasteiger partial charge is 0.353 e. The van der Waals surface area contributed by atoms with Crippen molar-refractivity contribution < 1.29 is 4.79 Å². The van der Waals surface area contributed by atoms with Crippen molar-refractivity contribution >= 4 is 11.9 Å². The molecule has 1 saturated heterocycles. The van der Waals surface area contributed by atoms with Crippen LogP contribution in [0.2, 0.25) is 0 Å². The molecule has 1 saturated carbocycles. The Morgan fingerprint density at radius 3 is 2.84 bits per heavy atom. The second kappa shape index (κ2) is 4.47. The van der Waals surface area contributed by atoms with E-state index in [4.69, 9.17) is 0 Å². The van der Waals surface area contributed by atoms with Crippen molar-refractivity contribution in [2.45, 2.75) is 39.2 Å². The quantitative estimate of drug-likeness (QED) is 0.870. The number of carbonyl (C=O) groups excluding carboxylic acids is 1. The van der Waals surface area contributed by atoms with Crippen LogP contribution in [-0.2, 0) is 4.79 Å². The van der Waals surface area contributed by atoms with Gasteiger partial charge in [0.05, 0.1) is 0 Å². The summed E-state index contributed by atoms with van der Waals surface area (Å²) in [5.41, 5.74) is 1.36. The van der Waals surface area contributed by atoms with Gasteiger partial charge in [-0.15, -0.1) is 0 Å². The van der Waals surface area contributed by atoms with Crippen LogP contribution in [0, 0.1) is 12.3 Å². The van der Waals surface area contributed by atoms with E-state index in [0.717, 1.165) is 44.0 Å². The summed E-state index contributed by atoms with van der Waals surface area (Å²) in [5.74, 6) is 0.929. The normalized spacial score (nSPS) is 24.3. The van der Waals surface area contributed by atoms with E-state index in [9.17, 15) is 4.79 Å². The smallest absolute Gasteiger partial charge is 0.225 e. The highest BCUT2D eigenvalue weighted by molar-refractivity contribution is 5.73. The number of nitrogens with one attached hydrogen (secondary N) is 1. The fourth-order valence-corrected chi connectivity index (χ4v) is 3.09. The molecule has 1 aliphatic carbocycles. The Morgan fingerprint density at radius 2 is 2.21 bits per heavy atom. The molecule has 19 heavy (non-hydrogen) atoms. The number of hydrogen-bond acceptors (Lipinski definition) is 4.